The van der Waals surface area contributed by atoms with Crippen molar-refractivity contribution in [1.29, 1.82) is 0 Å². The van der Waals surface area contributed by atoms with Crippen molar-refractivity contribution in [2.75, 3.05) is 12.4 Å². The zero-order chi connectivity index (χ0) is 14.3. The van der Waals surface area contributed by atoms with Crippen molar-refractivity contribution in [2.45, 2.75) is 39.0 Å². The molecule has 2 N–H and O–H groups in total. The first-order chi connectivity index (χ1) is 9.06. The molecule has 0 amide bonds. The third-order valence-electron chi connectivity index (χ3n) is 3.29. The van der Waals surface area contributed by atoms with Gasteiger partial charge in [0.2, 0.25) is 0 Å². The molecule has 2 unspecified atom stereocenters. The predicted molar refractivity (Wildman–Crippen MR) is 81.8 cm³/mol. The molecule has 4 heteroatoms. The summed E-state index contributed by atoms with van der Waals surface area (Å²) in [6, 6.07) is 7.78. The Bertz CT molecular complexity index is 407. The highest BCUT2D eigenvalue weighted by Gasteiger charge is 2.14. The zero-order valence-electron chi connectivity index (χ0n) is 12.1. The van der Waals surface area contributed by atoms with Crippen molar-refractivity contribution in [3.8, 4) is 5.75 Å². The van der Waals surface area contributed by atoms with Gasteiger partial charge in [-0.2, -0.15) is 0 Å². The third kappa shape index (κ3) is 5.33. The van der Waals surface area contributed by atoms with Gasteiger partial charge in [-0.15, -0.1) is 0 Å². The van der Waals surface area contributed by atoms with Crippen LogP contribution in [0.1, 0.15) is 32.8 Å². The minimum Gasteiger partial charge on any atom is -0.493 e. The van der Waals surface area contributed by atoms with Gasteiger partial charge in [0.25, 0.3) is 0 Å². The van der Waals surface area contributed by atoms with Crippen LogP contribution in [-0.2, 0) is 17.3 Å². The molecule has 1 aromatic rings. The van der Waals surface area contributed by atoms with Crippen LogP contribution in [0, 0.1) is 5.92 Å². The van der Waals surface area contributed by atoms with Gasteiger partial charge in [0, 0.05) is 33.9 Å². The van der Waals surface area contributed by atoms with Crippen LogP contribution in [0.2, 0.25) is 0 Å². The quantitative estimate of drug-likeness (QED) is 0.746. The third-order valence-corrected chi connectivity index (χ3v) is 5.36. The average molecular weight is 283 g/mol. The van der Waals surface area contributed by atoms with Crippen LogP contribution in [0.4, 0.5) is 0 Å². The molecule has 1 rings (SSSR count). The fourth-order valence-corrected chi connectivity index (χ4v) is 3.07. The van der Waals surface area contributed by atoms with E-state index in [1.165, 1.54) is 0 Å². The molecule has 0 spiro atoms. The number of ether oxygens (including phenoxy) is 1. The van der Waals surface area contributed by atoms with E-state index in [9.17, 15) is 4.21 Å². The Kier molecular flexibility index (Phi) is 7.10. The lowest BCUT2D eigenvalue weighted by atomic mass is 10.2. The summed E-state index contributed by atoms with van der Waals surface area (Å²) in [6.45, 7) is 7.33. The maximum atomic E-state index is 12.0. The molecule has 0 saturated carbocycles. The van der Waals surface area contributed by atoms with Crippen molar-refractivity contribution in [2.24, 2.45) is 11.7 Å². The van der Waals surface area contributed by atoms with Gasteiger partial charge in [-0.05, 0) is 18.4 Å². The predicted octanol–water partition coefficient (Wildman–Crippen LogP) is 2.71. The van der Waals surface area contributed by atoms with E-state index in [1.54, 1.807) is 0 Å². The summed E-state index contributed by atoms with van der Waals surface area (Å²) < 4.78 is 17.7. The van der Waals surface area contributed by atoms with E-state index < -0.39 is 10.8 Å². The molecule has 0 aliphatic rings. The van der Waals surface area contributed by atoms with Crippen LogP contribution in [0.5, 0.6) is 5.75 Å². The van der Waals surface area contributed by atoms with Gasteiger partial charge in [0.05, 0.1) is 6.61 Å². The Labute approximate surface area is 119 Å². The maximum absolute atomic E-state index is 12.0. The van der Waals surface area contributed by atoms with Crippen molar-refractivity contribution >= 4 is 10.8 Å². The van der Waals surface area contributed by atoms with Gasteiger partial charge in [0.15, 0.2) is 0 Å². The van der Waals surface area contributed by atoms with Gasteiger partial charge in [0.1, 0.15) is 5.75 Å². The van der Waals surface area contributed by atoms with E-state index >= 15 is 0 Å². The SMILES string of the molecule is CC(C)C(C)S(=O)CCCOc1ccccc1CN. The molecule has 0 aliphatic carbocycles. The molecule has 0 heterocycles. The topological polar surface area (TPSA) is 52.3 Å². The molecule has 0 bridgehead atoms. The van der Waals surface area contributed by atoms with Crippen molar-refractivity contribution in [3.63, 3.8) is 0 Å². The average Bonchev–Trinajstić information content (AvgIpc) is 2.42. The molecular weight excluding hydrogens is 258 g/mol. The first-order valence-electron chi connectivity index (χ1n) is 6.84. The molecule has 0 aliphatic heterocycles. The first-order valence-corrected chi connectivity index (χ1v) is 8.22. The second-order valence-corrected chi connectivity index (χ2v) is 6.96. The highest BCUT2D eigenvalue weighted by Crippen LogP contribution is 2.17. The van der Waals surface area contributed by atoms with Gasteiger partial charge in [-0.3, -0.25) is 4.21 Å². The number of para-hydroxylation sites is 1. The highest BCUT2D eigenvalue weighted by molar-refractivity contribution is 7.85. The number of rotatable bonds is 8. The van der Waals surface area contributed by atoms with Gasteiger partial charge in [-0.25, -0.2) is 0 Å². The lowest BCUT2D eigenvalue weighted by Gasteiger charge is -2.15. The first kappa shape index (κ1) is 16.2. The second kappa shape index (κ2) is 8.33. The number of nitrogens with two attached hydrogens (primary N) is 1. The second-order valence-electron chi connectivity index (χ2n) is 5.05. The Hall–Kier alpha value is -0.870. The lowest BCUT2D eigenvalue weighted by molar-refractivity contribution is 0.315. The normalized spacial score (nSPS) is 14.4. The van der Waals surface area contributed by atoms with Gasteiger partial charge in [-0.1, -0.05) is 39.0 Å². The van der Waals surface area contributed by atoms with Crippen LogP contribution >= 0.6 is 0 Å². The maximum Gasteiger partial charge on any atom is 0.123 e. The molecular formula is C15H25NO2S. The van der Waals surface area contributed by atoms with Gasteiger partial charge >= 0.3 is 0 Å². The summed E-state index contributed by atoms with van der Waals surface area (Å²) in [5, 5.41) is 0.247. The molecule has 0 fully saturated rings. The fourth-order valence-electron chi connectivity index (χ4n) is 1.69. The smallest absolute Gasteiger partial charge is 0.123 e. The number of hydrogen-bond acceptors (Lipinski definition) is 3. The lowest BCUT2D eigenvalue weighted by Crippen LogP contribution is -2.21. The van der Waals surface area contributed by atoms with E-state index in [-0.39, 0.29) is 5.25 Å². The minimum atomic E-state index is -0.765. The summed E-state index contributed by atoms with van der Waals surface area (Å²) in [7, 11) is -0.765. The summed E-state index contributed by atoms with van der Waals surface area (Å²) in [6.07, 6.45) is 0.808. The molecule has 3 nitrogen and oxygen atoms in total. The standard InChI is InChI=1S/C15H25NO2S/c1-12(2)13(3)19(17)10-6-9-18-15-8-5-4-7-14(15)11-16/h4-5,7-8,12-13H,6,9-11,16H2,1-3H3. The van der Waals surface area contributed by atoms with Crippen LogP contribution in [0.15, 0.2) is 24.3 Å². The Morgan fingerprint density at radius 3 is 2.58 bits per heavy atom. The number of hydrogen-bond donors (Lipinski definition) is 1. The summed E-state index contributed by atoms with van der Waals surface area (Å²) in [5.74, 6) is 2.00. The van der Waals surface area contributed by atoms with E-state index in [2.05, 4.69) is 13.8 Å². The van der Waals surface area contributed by atoms with E-state index in [0.29, 0.717) is 24.8 Å². The van der Waals surface area contributed by atoms with E-state index in [4.69, 9.17) is 10.5 Å². The van der Waals surface area contributed by atoms with E-state index in [1.807, 2.05) is 31.2 Å². The summed E-state index contributed by atoms with van der Waals surface area (Å²) >= 11 is 0. The number of benzene rings is 1. The van der Waals surface area contributed by atoms with Crippen LogP contribution < -0.4 is 10.5 Å². The molecule has 108 valence electrons. The van der Waals surface area contributed by atoms with Crippen LogP contribution in [0.3, 0.4) is 0 Å². The minimum absolute atomic E-state index is 0.247. The molecule has 1 aromatic carbocycles. The van der Waals surface area contributed by atoms with Gasteiger partial charge < -0.3 is 10.5 Å². The molecule has 0 saturated heterocycles. The zero-order valence-corrected chi connectivity index (χ0v) is 12.9. The summed E-state index contributed by atoms with van der Waals surface area (Å²) in [5.41, 5.74) is 6.66. The van der Waals surface area contributed by atoms with Crippen molar-refractivity contribution in [1.82, 2.24) is 0 Å². The van der Waals surface area contributed by atoms with Crippen molar-refractivity contribution in [3.05, 3.63) is 29.8 Å². The molecule has 2 atom stereocenters. The monoisotopic (exact) mass is 283 g/mol. The Balaban J connectivity index is 2.33. The fraction of sp³-hybridized carbons (Fsp3) is 0.600. The summed E-state index contributed by atoms with van der Waals surface area (Å²) in [4.78, 5) is 0. The molecule has 0 radical (unpaired) electrons. The van der Waals surface area contributed by atoms with Crippen LogP contribution in [0.25, 0.3) is 0 Å². The highest BCUT2D eigenvalue weighted by atomic mass is 32.2. The Morgan fingerprint density at radius 2 is 1.95 bits per heavy atom. The van der Waals surface area contributed by atoms with Crippen molar-refractivity contribution < 1.29 is 8.95 Å². The van der Waals surface area contributed by atoms with Crippen LogP contribution in [-0.4, -0.2) is 21.8 Å². The molecule has 19 heavy (non-hydrogen) atoms. The Morgan fingerprint density at radius 1 is 1.26 bits per heavy atom. The molecule has 0 aromatic heterocycles. The van der Waals surface area contributed by atoms with E-state index in [0.717, 1.165) is 17.7 Å². The largest absolute Gasteiger partial charge is 0.493 e.